The fourth-order valence-electron chi connectivity index (χ4n) is 3.51. The number of likely N-dealkylation sites (tertiary alicyclic amines) is 1. The predicted octanol–water partition coefficient (Wildman–Crippen LogP) is 2.02. The molecule has 0 aliphatic carbocycles. The van der Waals surface area contributed by atoms with Gasteiger partial charge in [0.1, 0.15) is 0 Å². The number of nitrogens with two attached hydrogens (primary N) is 1. The van der Waals surface area contributed by atoms with Gasteiger partial charge in [0.2, 0.25) is 0 Å². The van der Waals surface area contributed by atoms with Crippen molar-refractivity contribution in [1.82, 2.24) is 14.8 Å². The van der Waals surface area contributed by atoms with Crippen LogP contribution in [0.5, 0.6) is 0 Å². The van der Waals surface area contributed by atoms with Crippen molar-refractivity contribution in [3.05, 3.63) is 29.6 Å². The molecule has 2 rings (SSSR count). The Balaban J connectivity index is 2.17. The lowest BCUT2D eigenvalue weighted by molar-refractivity contribution is 0.00747. The van der Waals surface area contributed by atoms with Crippen LogP contribution in [0.4, 0.5) is 0 Å². The van der Waals surface area contributed by atoms with Crippen molar-refractivity contribution in [3.8, 4) is 0 Å². The van der Waals surface area contributed by atoms with Gasteiger partial charge < -0.3 is 10.6 Å². The van der Waals surface area contributed by atoms with E-state index in [1.165, 1.54) is 0 Å². The molecule has 118 valence electrons. The second-order valence-electron chi connectivity index (χ2n) is 6.50. The van der Waals surface area contributed by atoms with E-state index in [0.717, 1.165) is 50.4 Å². The number of pyridine rings is 1. The zero-order valence-corrected chi connectivity index (χ0v) is 14.0. The van der Waals surface area contributed by atoms with E-state index in [1.807, 2.05) is 0 Å². The summed E-state index contributed by atoms with van der Waals surface area (Å²) in [6.07, 6.45) is 2.28. The summed E-state index contributed by atoms with van der Waals surface area (Å²) < 4.78 is 0. The number of hydrogen-bond acceptors (Lipinski definition) is 4. The minimum Gasteiger partial charge on any atom is -0.329 e. The molecule has 2 heterocycles. The smallest absolute Gasteiger partial charge is 0.0547 e. The molecular formula is C17H30N4. The highest BCUT2D eigenvalue weighted by Crippen LogP contribution is 2.32. The highest BCUT2D eigenvalue weighted by molar-refractivity contribution is 5.11. The van der Waals surface area contributed by atoms with Crippen LogP contribution in [0.3, 0.4) is 0 Å². The van der Waals surface area contributed by atoms with Crippen molar-refractivity contribution >= 4 is 0 Å². The molecule has 2 atom stereocenters. The van der Waals surface area contributed by atoms with Crippen LogP contribution in [0, 0.1) is 6.92 Å². The Morgan fingerprint density at radius 1 is 1.48 bits per heavy atom. The molecule has 0 radical (unpaired) electrons. The maximum Gasteiger partial charge on any atom is 0.0547 e. The van der Waals surface area contributed by atoms with E-state index in [-0.39, 0.29) is 5.54 Å². The van der Waals surface area contributed by atoms with E-state index < -0.39 is 0 Å². The summed E-state index contributed by atoms with van der Waals surface area (Å²) in [6.45, 7) is 10.4. The molecule has 4 nitrogen and oxygen atoms in total. The summed E-state index contributed by atoms with van der Waals surface area (Å²) in [7, 11) is 2.21. The second kappa shape index (κ2) is 6.86. The van der Waals surface area contributed by atoms with Crippen molar-refractivity contribution in [3.63, 3.8) is 0 Å². The molecule has 0 bridgehead atoms. The molecule has 0 amide bonds. The summed E-state index contributed by atoms with van der Waals surface area (Å²) in [5.74, 6) is 0. The van der Waals surface area contributed by atoms with Crippen LogP contribution >= 0.6 is 0 Å². The van der Waals surface area contributed by atoms with E-state index in [0.29, 0.717) is 6.04 Å². The van der Waals surface area contributed by atoms with E-state index >= 15 is 0 Å². The van der Waals surface area contributed by atoms with Gasteiger partial charge in [-0.15, -0.1) is 0 Å². The molecule has 1 fully saturated rings. The van der Waals surface area contributed by atoms with Crippen LogP contribution in [-0.2, 0) is 6.54 Å². The van der Waals surface area contributed by atoms with Gasteiger partial charge in [-0.25, -0.2) is 0 Å². The molecule has 0 saturated carbocycles. The summed E-state index contributed by atoms with van der Waals surface area (Å²) in [5.41, 5.74) is 8.58. The summed E-state index contributed by atoms with van der Waals surface area (Å²) in [6, 6.07) is 6.86. The van der Waals surface area contributed by atoms with Crippen LogP contribution in [0.1, 0.15) is 38.1 Å². The van der Waals surface area contributed by atoms with Crippen molar-refractivity contribution in [1.29, 1.82) is 0 Å². The van der Waals surface area contributed by atoms with Crippen LogP contribution < -0.4 is 5.73 Å². The zero-order chi connectivity index (χ0) is 15.5. The lowest BCUT2D eigenvalue weighted by atomic mass is 9.82. The number of piperidine rings is 1. The Kier molecular flexibility index (Phi) is 5.36. The normalized spacial score (nSPS) is 27.2. The first-order valence-corrected chi connectivity index (χ1v) is 8.08. The first kappa shape index (κ1) is 16.4. The van der Waals surface area contributed by atoms with Gasteiger partial charge in [0.15, 0.2) is 0 Å². The van der Waals surface area contributed by atoms with E-state index in [9.17, 15) is 0 Å². The average Bonchev–Trinajstić information content (AvgIpc) is 2.48. The van der Waals surface area contributed by atoms with Crippen molar-refractivity contribution < 1.29 is 0 Å². The van der Waals surface area contributed by atoms with Crippen molar-refractivity contribution in [2.75, 3.05) is 26.7 Å². The Bertz CT molecular complexity index is 462. The number of aryl methyl sites for hydroxylation is 1. The average molecular weight is 290 g/mol. The number of rotatable bonds is 5. The molecular weight excluding hydrogens is 260 g/mol. The monoisotopic (exact) mass is 290 g/mol. The highest BCUT2D eigenvalue weighted by Gasteiger charge is 2.40. The van der Waals surface area contributed by atoms with Crippen LogP contribution in [0.25, 0.3) is 0 Å². The number of likely N-dealkylation sites (N-methyl/N-ethyl adjacent to an activating group) is 1. The minimum absolute atomic E-state index is 0.117. The molecule has 21 heavy (non-hydrogen) atoms. The van der Waals surface area contributed by atoms with Gasteiger partial charge in [-0.1, -0.05) is 13.0 Å². The van der Waals surface area contributed by atoms with Gasteiger partial charge in [0, 0.05) is 30.4 Å². The van der Waals surface area contributed by atoms with E-state index in [1.54, 1.807) is 0 Å². The van der Waals surface area contributed by atoms with E-state index in [2.05, 4.69) is 60.8 Å². The minimum atomic E-state index is 0.117. The molecule has 1 aliphatic heterocycles. The van der Waals surface area contributed by atoms with Crippen molar-refractivity contribution in [2.24, 2.45) is 5.73 Å². The second-order valence-corrected chi connectivity index (χ2v) is 6.50. The third-order valence-electron chi connectivity index (χ3n) is 5.09. The molecule has 1 saturated heterocycles. The lowest BCUT2D eigenvalue weighted by Gasteiger charge is -2.50. The third kappa shape index (κ3) is 3.62. The molecule has 2 N–H and O–H groups in total. The number of aromatic nitrogens is 1. The maximum absolute atomic E-state index is 6.23. The van der Waals surface area contributed by atoms with Gasteiger partial charge in [-0.2, -0.15) is 0 Å². The fourth-order valence-corrected chi connectivity index (χ4v) is 3.51. The first-order valence-electron chi connectivity index (χ1n) is 8.08. The fraction of sp³-hybridized carbons (Fsp3) is 0.706. The van der Waals surface area contributed by atoms with Crippen LogP contribution in [-0.4, -0.2) is 53.0 Å². The zero-order valence-electron chi connectivity index (χ0n) is 14.0. The largest absolute Gasteiger partial charge is 0.329 e. The summed E-state index contributed by atoms with van der Waals surface area (Å²) in [4.78, 5) is 9.64. The van der Waals surface area contributed by atoms with Gasteiger partial charge >= 0.3 is 0 Å². The first-order chi connectivity index (χ1) is 10.0. The van der Waals surface area contributed by atoms with Gasteiger partial charge in [-0.3, -0.25) is 9.88 Å². The van der Waals surface area contributed by atoms with Crippen molar-refractivity contribution in [2.45, 2.75) is 51.7 Å². The molecule has 4 heteroatoms. The third-order valence-corrected chi connectivity index (χ3v) is 5.09. The molecule has 1 aromatic rings. The number of nitrogens with zero attached hydrogens (tertiary/aromatic N) is 3. The Hall–Kier alpha value is -0.970. The van der Waals surface area contributed by atoms with Gasteiger partial charge in [0.05, 0.1) is 5.69 Å². The molecule has 2 unspecified atom stereocenters. The Morgan fingerprint density at radius 2 is 2.24 bits per heavy atom. The topological polar surface area (TPSA) is 45.4 Å². The summed E-state index contributed by atoms with van der Waals surface area (Å²) in [5, 5.41) is 0. The molecule has 1 aliphatic rings. The maximum atomic E-state index is 6.23. The molecule has 1 aromatic heterocycles. The van der Waals surface area contributed by atoms with E-state index in [4.69, 9.17) is 5.73 Å². The Morgan fingerprint density at radius 3 is 2.81 bits per heavy atom. The van der Waals surface area contributed by atoms with Gasteiger partial charge in [0.25, 0.3) is 0 Å². The summed E-state index contributed by atoms with van der Waals surface area (Å²) >= 11 is 0. The highest BCUT2D eigenvalue weighted by atomic mass is 15.2. The SMILES string of the molecule is CCN(Cc1cccc(C)n1)C1(CN)CCN(C)C(C)C1. The van der Waals surface area contributed by atoms with Gasteiger partial charge in [-0.05, 0) is 59.0 Å². The predicted molar refractivity (Wildman–Crippen MR) is 88.2 cm³/mol. The number of hydrogen-bond donors (Lipinski definition) is 1. The lowest BCUT2D eigenvalue weighted by Crippen LogP contribution is -2.60. The van der Waals surface area contributed by atoms with Crippen LogP contribution in [0.2, 0.25) is 0 Å². The molecule has 0 aromatic carbocycles. The quantitative estimate of drug-likeness (QED) is 0.901. The van der Waals surface area contributed by atoms with Crippen LogP contribution in [0.15, 0.2) is 18.2 Å². The molecule has 0 spiro atoms. The standard InChI is InChI=1S/C17H30N4/c1-5-21(12-16-8-6-7-14(2)19-16)17(13-18)9-10-20(4)15(3)11-17/h6-8,15H,5,9-13,18H2,1-4H3. The Labute approximate surface area is 129 Å².